The van der Waals surface area contributed by atoms with E-state index in [1.165, 1.54) is 7.11 Å². The summed E-state index contributed by atoms with van der Waals surface area (Å²) in [6, 6.07) is 24.8. The molecular formula is C45H59N7O4S4. The van der Waals surface area contributed by atoms with Crippen molar-refractivity contribution in [2.75, 3.05) is 20.2 Å². The third-order valence-electron chi connectivity index (χ3n) is 12.0. The number of amides is 3. The number of benzene rings is 4. The summed E-state index contributed by atoms with van der Waals surface area (Å²) in [5.41, 5.74) is 8.04. The molecule has 4 heterocycles. The number of aromatic amines is 2. The molecule has 8 rings (SSSR count). The molecular weight excluding hydrogens is 831 g/mol. The number of carbonyl (C=O) groups excluding carboxylic acids is 3. The lowest BCUT2D eigenvalue weighted by Crippen LogP contribution is -2.51. The van der Waals surface area contributed by atoms with Crippen molar-refractivity contribution in [2.45, 2.75) is 78.4 Å². The highest BCUT2D eigenvalue weighted by Crippen LogP contribution is 2.37. The Labute approximate surface area is 380 Å². The van der Waals surface area contributed by atoms with Crippen LogP contribution >= 0.6 is 54.0 Å². The SMILES string of the molecule is COC(=O)N[C@@H](C(=O)N1CCC[C@H]1c1nc2ccc(-c3ccc4cc(-c5ccc6nc([C@@H]7CCCN7C(=O)[C@H](C)C(C)C)[nH]c6c5)ccc4c3)cc2[nH]1)C(C)C.S.S.S.S. The fourth-order valence-corrected chi connectivity index (χ4v) is 8.39. The molecule has 4 atom stereocenters. The Kier molecular flexibility index (Phi) is 16.2. The molecule has 322 valence electrons. The van der Waals surface area contributed by atoms with Crippen molar-refractivity contribution >= 4 is 105 Å². The van der Waals surface area contributed by atoms with E-state index >= 15 is 0 Å². The van der Waals surface area contributed by atoms with E-state index in [9.17, 15) is 14.4 Å². The number of likely N-dealkylation sites (tertiary alicyclic amines) is 2. The van der Waals surface area contributed by atoms with Gasteiger partial charge in [-0.05, 0) is 107 Å². The van der Waals surface area contributed by atoms with E-state index in [4.69, 9.17) is 14.7 Å². The molecule has 60 heavy (non-hydrogen) atoms. The van der Waals surface area contributed by atoms with Gasteiger partial charge in [0.15, 0.2) is 0 Å². The molecule has 0 bridgehead atoms. The number of alkyl carbamates (subject to hydrolysis) is 1. The molecule has 3 N–H and O–H groups in total. The van der Waals surface area contributed by atoms with Crippen LogP contribution in [0.1, 0.15) is 84.0 Å². The van der Waals surface area contributed by atoms with Crippen molar-refractivity contribution in [1.82, 2.24) is 35.1 Å². The lowest BCUT2D eigenvalue weighted by atomic mass is 9.96. The zero-order valence-corrected chi connectivity index (χ0v) is 39.1. The lowest BCUT2D eigenvalue weighted by Gasteiger charge is -2.29. The molecule has 0 unspecified atom stereocenters. The minimum Gasteiger partial charge on any atom is -0.453 e. The molecule has 6 aromatic rings. The standard InChI is InChI=1S/C45H51N7O4.4H2S/c1-25(2)27(5)43(53)51-19-7-9-38(51)41-46-34-17-15-32(23-36(34)48-41)30-13-11-29-22-31(14-12-28(29)21-30)33-16-18-35-37(24-33)49-42(47-35)39-10-8-20-52(39)44(54)40(26(3)4)50-45(55)56-6;;;;/h11-18,21-27,38-40H,7-10,19-20H2,1-6H3,(H,46,48)(H,47,49)(H,50,55);4*1H2/t27-,38+,39+,40-;;;;/m1..../s1. The fourth-order valence-electron chi connectivity index (χ4n) is 8.39. The highest BCUT2D eigenvalue weighted by molar-refractivity contribution is 7.59. The second-order valence-corrected chi connectivity index (χ2v) is 16.3. The maximum absolute atomic E-state index is 13.6. The first-order valence-corrected chi connectivity index (χ1v) is 20.0. The van der Waals surface area contributed by atoms with Gasteiger partial charge in [0.1, 0.15) is 17.7 Å². The van der Waals surface area contributed by atoms with Crippen molar-refractivity contribution < 1.29 is 19.1 Å². The first-order valence-electron chi connectivity index (χ1n) is 20.0. The third-order valence-corrected chi connectivity index (χ3v) is 12.0. The molecule has 2 fully saturated rings. The van der Waals surface area contributed by atoms with E-state index < -0.39 is 12.1 Å². The van der Waals surface area contributed by atoms with Gasteiger partial charge in [0.05, 0.1) is 41.3 Å². The molecule has 3 amide bonds. The molecule has 2 aromatic heterocycles. The van der Waals surface area contributed by atoms with E-state index in [2.05, 4.69) is 95.9 Å². The Hall–Kier alpha value is -4.31. The third kappa shape index (κ3) is 9.44. The average molecular weight is 890 g/mol. The smallest absolute Gasteiger partial charge is 0.407 e. The summed E-state index contributed by atoms with van der Waals surface area (Å²) in [5, 5.41) is 5.01. The first kappa shape index (κ1) is 48.4. The monoisotopic (exact) mass is 889 g/mol. The summed E-state index contributed by atoms with van der Waals surface area (Å²) in [5.74, 6) is 1.91. The van der Waals surface area contributed by atoms with Gasteiger partial charge in [-0.1, -0.05) is 71.0 Å². The maximum atomic E-state index is 13.6. The van der Waals surface area contributed by atoms with Crippen LogP contribution in [-0.4, -0.2) is 73.9 Å². The summed E-state index contributed by atoms with van der Waals surface area (Å²) < 4.78 is 4.78. The number of imidazole rings is 2. The van der Waals surface area contributed by atoms with Gasteiger partial charge >= 0.3 is 6.09 Å². The number of carbonyl (C=O) groups is 3. The van der Waals surface area contributed by atoms with Gasteiger partial charge in [-0.15, -0.1) is 0 Å². The Morgan fingerprint density at radius 3 is 1.50 bits per heavy atom. The van der Waals surface area contributed by atoms with Crippen LogP contribution in [-0.2, 0) is 14.3 Å². The number of hydrogen-bond donors (Lipinski definition) is 3. The van der Waals surface area contributed by atoms with Gasteiger partial charge in [0.2, 0.25) is 11.8 Å². The van der Waals surface area contributed by atoms with Crippen LogP contribution in [0.3, 0.4) is 0 Å². The molecule has 11 nitrogen and oxygen atoms in total. The predicted octanol–water partition coefficient (Wildman–Crippen LogP) is 9.38. The number of H-pyrrole nitrogens is 2. The molecule has 0 aliphatic carbocycles. The van der Waals surface area contributed by atoms with Crippen LogP contribution in [0.5, 0.6) is 0 Å². The second-order valence-electron chi connectivity index (χ2n) is 16.3. The number of nitrogens with one attached hydrogen (secondary N) is 3. The Balaban J connectivity index is 0.00000198. The minimum atomic E-state index is -0.679. The van der Waals surface area contributed by atoms with Crippen molar-refractivity contribution in [3.05, 3.63) is 84.4 Å². The molecule has 0 spiro atoms. The van der Waals surface area contributed by atoms with Gasteiger partial charge in [0, 0.05) is 19.0 Å². The van der Waals surface area contributed by atoms with Crippen LogP contribution in [0.2, 0.25) is 0 Å². The van der Waals surface area contributed by atoms with Crippen molar-refractivity contribution in [3.63, 3.8) is 0 Å². The zero-order valence-electron chi connectivity index (χ0n) is 35.1. The largest absolute Gasteiger partial charge is 0.453 e. The highest BCUT2D eigenvalue weighted by atomic mass is 32.1. The molecule has 2 saturated heterocycles. The molecule has 2 aliphatic heterocycles. The average Bonchev–Trinajstić information content (AvgIpc) is 4.03. The van der Waals surface area contributed by atoms with E-state index in [0.29, 0.717) is 12.5 Å². The second kappa shape index (κ2) is 20.0. The minimum absolute atomic E-state index is 0. The molecule has 4 aromatic carbocycles. The van der Waals surface area contributed by atoms with Crippen LogP contribution < -0.4 is 5.32 Å². The Bertz CT molecular complexity index is 2470. The van der Waals surface area contributed by atoms with E-state index in [0.717, 1.165) is 99.0 Å². The van der Waals surface area contributed by atoms with Crippen molar-refractivity contribution in [2.24, 2.45) is 17.8 Å². The van der Waals surface area contributed by atoms with Crippen LogP contribution in [0.25, 0.3) is 55.1 Å². The number of ether oxygens (including phenoxy) is 1. The molecule has 0 radical (unpaired) electrons. The van der Waals surface area contributed by atoms with E-state index in [1.807, 2.05) is 36.6 Å². The number of methoxy groups -OCH3 is 1. The summed E-state index contributed by atoms with van der Waals surface area (Å²) >= 11 is 0. The quantitative estimate of drug-likeness (QED) is 0.132. The predicted molar refractivity (Wildman–Crippen MR) is 261 cm³/mol. The van der Waals surface area contributed by atoms with Gasteiger partial charge in [0.25, 0.3) is 0 Å². The zero-order chi connectivity index (χ0) is 39.2. The van der Waals surface area contributed by atoms with E-state index in [1.54, 1.807) is 0 Å². The molecule has 0 saturated carbocycles. The number of nitrogens with zero attached hydrogens (tertiary/aromatic N) is 4. The summed E-state index contributed by atoms with van der Waals surface area (Å²) in [6.07, 6.45) is 2.96. The normalized spacial score (nSPS) is 17.2. The van der Waals surface area contributed by atoms with Crippen LogP contribution in [0.4, 0.5) is 4.79 Å². The van der Waals surface area contributed by atoms with Gasteiger partial charge in [-0.2, -0.15) is 54.0 Å². The van der Waals surface area contributed by atoms with Crippen molar-refractivity contribution in [1.29, 1.82) is 0 Å². The Morgan fingerprint density at radius 1 is 0.633 bits per heavy atom. The van der Waals surface area contributed by atoms with Gasteiger partial charge < -0.3 is 29.8 Å². The topological polar surface area (TPSA) is 136 Å². The summed E-state index contributed by atoms with van der Waals surface area (Å²) in [4.78, 5) is 59.7. The highest BCUT2D eigenvalue weighted by Gasteiger charge is 2.38. The Morgan fingerprint density at radius 2 is 1.07 bits per heavy atom. The van der Waals surface area contributed by atoms with Crippen LogP contribution in [0, 0.1) is 17.8 Å². The first-order chi connectivity index (χ1) is 27.0. The number of hydrogen-bond acceptors (Lipinski definition) is 6. The summed E-state index contributed by atoms with van der Waals surface area (Å²) in [6.45, 7) is 11.5. The number of rotatable bonds is 9. The van der Waals surface area contributed by atoms with Crippen molar-refractivity contribution in [3.8, 4) is 22.3 Å². The van der Waals surface area contributed by atoms with Gasteiger partial charge in [-0.3, -0.25) is 9.59 Å². The fraction of sp³-hybridized carbons (Fsp3) is 0.400. The lowest BCUT2D eigenvalue weighted by molar-refractivity contribution is -0.137. The summed E-state index contributed by atoms with van der Waals surface area (Å²) in [7, 11) is 1.30. The van der Waals surface area contributed by atoms with Gasteiger partial charge in [-0.25, -0.2) is 14.8 Å². The maximum Gasteiger partial charge on any atom is 0.407 e. The number of fused-ring (bicyclic) bond motifs is 3. The van der Waals surface area contributed by atoms with Crippen LogP contribution in [0.15, 0.2) is 72.8 Å². The number of aromatic nitrogens is 4. The molecule has 15 heteroatoms. The van der Waals surface area contributed by atoms with E-state index in [-0.39, 0.29) is 89.7 Å². The molecule has 2 aliphatic rings.